The molecule has 3 heterocycles. The molecule has 1 N–H and O–H groups in total. The molecule has 2 fully saturated rings. The van der Waals surface area contributed by atoms with E-state index < -0.39 is 17.5 Å². The number of fused-ring (bicyclic) bond motifs is 1. The van der Waals surface area contributed by atoms with E-state index >= 15 is 0 Å². The van der Waals surface area contributed by atoms with Crippen molar-refractivity contribution in [3.8, 4) is 5.75 Å². The number of phenols is 1. The molecular formula is C28H34N4O5. The number of cyclic esters (lactones) is 1. The number of hydrogen-bond acceptors (Lipinski definition) is 8. The second-order valence-electron chi connectivity index (χ2n) is 10.5. The van der Waals surface area contributed by atoms with Crippen molar-refractivity contribution in [3.05, 3.63) is 52.6 Å². The highest BCUT2D eigenvalue weighted by Gasteiger charge is 2.51. The lowest BCUT2D eigenvalue weighted by molar-refractivity contribution is -0.185. The minimum absolute atomic E-state index is 0.103. The molecule has 2 unspecified atom stereocenters. The van der Waals surface area contributed by atoms with Crippen molar-refractivity contribution in [2.24, 2.45) is 11.8 Å². The summed E-state index contributed by atoms with van der Waals surface area (Å²) in [6, 6.07) is 7.37. The summed E-state index contributed by atoms with van der Waals surface area (Å²) >= 11 is 0. The van der Waals surface area contributed by atoms with Crippen LogP contribution in [0.15, 0.2) is 24.3 Å². The van der Waals surface area contributed by atoms with Crippen molar-refractivity contribution in [1.82, 2.24) is 19.6 Å². The molecule has 37 heavy (non-hydrogen) atoms. The van der Waals surface area contributed by atoms with Gasteiger partial charge in [0.1, 0.15) is 17.3 Å². The highest BCUT2D eigenvalue weighted by atomic mass is 16.6. The number of ether oxygens (including phenoxy) is 2. The van der Waals surface area contributed by atoms with E-state index in [1.807, 2.05) is 32.0 Å². The maximum atomic E-state index is 13.5. The van der Waals surface area contributed by atoms with E-state index in [9.17, 15) is 14.7 Å². The molecule has 2 aliphatic rings. The number of carbonyl (C=O) groups excluding carboxylic acids is 2. The van der Waals surface area contributed by atoms with Gasteiger partial charge in [0.2, 0.25) is 0 Å². The number of aromatic nitrogens is 4. The van der Waals surface area contributed by atoms with E-state index in [0.29, 0.717) is 36.6 Å². The molecular weight excluding hydrogens is 472 g/mol. The van der Waals surface area contributed by atoms with Gasteiger partial charge in [-0.05, 0) is 69.2 Å². The number of benzene rings is 1. The first-order valence-corrected chi connectivity index (χ1v) is 13.0. The molecule has 0 amide bonds. The lowest BCUT2D eigenvalue weighted by Gasteiger charge is -2.43. The van der Waals surface area contributed by atoms with Crippen LogP contribution in [0.25, 0.3) is 5.78 Å². The van der Waals surface area contributed by atoms with Crippen molar-refractivity contribution < 1.29 is 24.2 Å². The third-order valence-electron chi connectivity index (χ3n) is 7.88. The SMILES string of the molecule is COCc1cc(CCC2(C3CCCC3)CC(=O)C(Cc3nc4nc(C)cc(C)n4n3)C(=O)O2)ccc1O. The fraction of sp³-hybridized carbons (Fsp3) is 0.536. The van der Waals surface area contributed by atoms with E-state index in [1.165, 1.54) is 0 Å². The quantitative estimate of drug-likeness (QED) is 0.362. The number of esters is 1. The summed E-state index contributed by atoms with van der Waals surface area (Å²) in [5.41, 5.74) is 2.65. The molecule has 0 bridgehead atoms. The minimum Gasteiger partial charge on any atom is -0.508 e. The number of rotatable bonds is 8. The maximum Gasteiger partial charge on any atom is 0.317 e. The van der Waals surface area contributed by atoms with Gasteiger partial charge in [0.15, 0.2) is 11.6 Å². The highest BCUT2D eigenvalue weighted by Crippen LogP contribution is 2.45. The van der Waals surface area contributed by atoms with Crippen LogP contribution in [-0.4, -0.2) is 49.2 Å². The van der Waals surface area contributed by atoms with Crippen LogP contribution < -0.4 is 0 Å². The smallest absolute Gasteiger partial charge is 0.317 e. The van der Waals surface area contributed by atoms with Crippen LogP contribution >= 0.6 is 0 Å². The Morgan fingerprint density at radius 3 is 2.68 bits per heavy atom. The standard InChI is InChI=1S/C28H34N4O5/c1-17-12-18(2)32-27(29-17)30-25(31-32)14-22-24(34)15-28(37-26(22)35,21-6-4-5-7-21)11-10-19-8-9-23(33)20(13-19)16-36-3/h8-9,12-13,21-22,33H,4-7,10-11,14-16H2,1-3H3. The molecule has 5 rings (SSSR count). The van der Waals surface area contributed by atoms with Gasteiger partial charge in [0, 0.05) is 36.9 Å². The van der Waals surface area contributed by atoms with E-state index in [4.69, 9.17) is 9.47 Å². The van der Waals surface area contributed by atoms with E-state index in [1.54, 1.807) is 17.7 Å². The average molecular weight is 507 g/mol. The average Bonchev–Trinajstić information content (AvgIpc) is 3.53. The van der Waals surface area contributed by atoms with Gasteiger partial charge in [0.25, 0.3) is 5.78 Å². The van der Waals surface area contributed by atoms with Gasteiger partial charge >= 0.3 is 5.97 Å². The van der Waals surface area contributed by atoms with Crippen molar-refractivity contribution in [2.75, 3.05) is 7.11 Å². The van der Waals surface area contributed by atoms with Crippen LogP contribution in [0.3, 0.4) is 0 Å². The van der Waals surface area contributed by atoms with E-state index in [2.05, 4.69) is 15.1 Å². The van der Waals surface area contributed by atoms with Crippen molar-refractivity contribution >= 4 is 17.5 Å². The van der Waals surface area contributed by atoms with Crippen molar-refractivity contribution in [1.29, 1.82) is 0 Å². The molecule has 1 aliphatic carbocycles. The van der Waals surface area contributed by atoms with Gasteiger partial charge in [0.05, 0.1) is 6.61 Å². The summed E-state index contributed by atoms with van der Waals surface area (Å²) in [4.78, 5) is 35.7. The van der Waals surface area contributed by atoms with Gasteiger partial charge in [-0.25, -0.2) is 9.50 Å². The number of ketones is 1. The van der Waals surface area contributed by atoms with Crippen molar-refractivity contribution in [3.63, 3.8) is 0 Å². The minimum atomic E-state index is -0.907. The molecule has 1 aliphatic heterocycles. The summed E-state index contributed by atoms with van der Waals surface area (Å²) in [6.07, 6.45) is 5.58. The molecule has 1 aromatic carbocycles. The summed E-state index contributed by atoms with van der Waals surface area (Å²) < 4.78 is 13.1. The number of carbonyl (C=O) groups is 2. The van der Waals surface area contributed by atoms with Gasteiger partial charge in [-0.3, -0.25) is 9.59 Å². The van der Waals surface area contributed by atoms with Gasteiger partial charge < -0.3 is 14.6 Å². The number of methoxy groups -OCH3 is 1. The number of aryl methyl sites for hydroxylation is 3. The zero-order valence-electron chi connectivity index (χ0n) is 21.7. The monoisotopic (exact) mass is 506 g/mol. The Bertz CT molecular complexity index is 1310. The molecule has 1 saturated carbocycles. The topological polar surface area (TPSA) is 116 Å². The Balaban J connectivity index is 1.35. The van der Waals surface area contributed by atoms with Gasteiger partial charge in [-0.15, -0.1) is 5.10 Å². The second kappa shape index (κ2) is 10.2. The summed E-state index contributed by atoms with van der Waals surface area (Å²) in [5, 5.41) is 14.6. The first-order valence-electron chi connectivity index (χ1n) is 13.0. The van der Waals surface area contributed by atoms with Crippen LogP contribution in [0.4, 0.5) is 0 Å². The second-order valence-corrected chi connectivity index (χ2v) is 10.5. The molecule has 196 valence electrons. The Kier molecular flexibility index (Phi) is 6.98. The molecule has 0 radical (unpaired) electrons. The first kappa shape index (κ1) is 25.3. The van der Waals surface area contributed by atoms with Crippen LogP contribution in [0.1, 0.15) is 66.9 Å². The number of nitrogens with zero attached hydrogens (tertiary/aromatic N) is 4. The first-order chi connectivity index (χ1) is 17.8. The number of Topliss-reactive ketones (excluding diaryl/α,β-unsaturated/α-hetero) is 1. The Hall–Kier alpha value is -3.33. The third kappa shape index (κ3) is 5.09. The zero-order valence-corrected chi connectivity index (χ0v) is 21.7. The van der Waals surface area contributed by atoms with Gasteiger partial charge in [-0.1, -0.05) is 18.9 Å². The van der Waals surface area contributed by atoms with E-state index in [0.717, 1.165) is 42.6 Å². The molecule has 1 saturated heterocycles. The molecule has 2 atom stereocenters. The van der Waals surface area contributed by atoms with Crippen LogP contribution in [0, 0.1) is 25.7 Å². The fourth-order valence-corrected chi connectivity index (χ4v) is 5.98. The predicted octanol–water partition coefficient (Wildman–Crippen LogP) is 3.83. The van der Waals surface area contributed by atoms with E-state index in [-0.39, 0.29) is 30.3 Å². The zero-order chi connectivity index (χ0) is 26.2. The Morgan fingerprint density at radius 2 is 1.95 bits per heavy atom. The molecule has 0 spiro atoms. The number of phenolic OH excluding ortho intramolecular Hbond substituents is 1. The fourth-order valence-electron chi connectivity index (χ4n) is 5.98. The number of hydrogen-bond donors (Lipinski definition) is 1. The van der Waals surface area contributed by atoms with Crippen LogP contribution in [0.5, 0.6) is 5.75 Å². The lowest BCUT2D eigenvalue weighted by atomic mass is 9.73. The normalized spacial score (nSPS) is 22.6. The van der Waals surface area contributed by atoms with Crippen LogP contribution in [0.2, 0.25) is 0 Å². The summed E-state index contributed by atoms with van der Waals surface area (Å²) in [5.74, 6) is -0.247. The Labute approximate surface area is 216 Å². The molecule has 9 nitrogen and oxygen atoms in total. The lowest BCUT2D eigenvalue weighted by Crippen LogP contribution is -2.52. The predicted molar refractivity (Wildman–Crippen MR) is 135 cm³/mol. The van der Waals surface area contributed by atoms with Gasteiger partial charge in [-0.2, -0.15) is 4.98 Å². The number of aromatic hydroxyl groups is 1. The molecule has 3 aromatic rings. The molecule has 2 aromatic heterocycles. The largest absolute Gasteiger partial charge is 0.508 e. The summed E-state index contributed by atoms with van der Waals surface area (Å²) in [7, 11) is 1.59. The third-order valence-corrected chi connectivity index (χ3v) is 7.88. The van der Waals surface area contributed by atoms with Crippen molar-refractivity contribution in [2.45, 2.75) is 77.4 Å². The summed E-state index contributed by atoms with van der Waals surface area (Å²) in [6.45, 7) is 4.12. The van der Waals surface area contributed by atoms with Crippen LogP contribution in [-0.2, 0) is 38.5 Å². The molecule has 9 heteroatoms. The highest BCUT2D eigenvalue weighted by molar-refractivity contribution is 6.01. The Morgan fingerprint density at radius 1 is 1.16 bits per heavy atom. The maximum absolute atomic E-state index is 13.5.